The van der Waals surface area contributed by atoms with Crippen LogP contribution >= 0.6 is 0 Å². The number of hydrogen-bond acceptors (Lipinski definition) is 6. The van der Waals surface area contributed by atoms with Crippen molar-refractivity contribution in [3.63, 3.8) is 0 Å². The highest BCUT2D eigenvalue weighted by molar-refractivity contribution is 7.89. The van der Waals surface area contributed by atoms with E-state index in [0.717, 1.165) is 5.56 Å². The van der Waals surface area contributed by atoms with Crippen molar-refractivity contribution < 1.29 is 21.6 Å². The van der Waals surface area contributed by atoms with Gasteiger partial charge >= 0.3 is 15.5 Å². The predicted molar refractivity (Wildman–Crippen MR) is 123 cm³/mol. The highest BCUT2D eigenvalue weighted by atomic mass is 32.2. The minimum Gasteiger partial charge on any atom is -0.399 e. The van der Waals surface area contributed by atoms with Gasteiger partial charge in [-0.1, -0.05) is 30.3 Å². The molecule has 0 amide bonds. The summed E-state index contributed by atoms with van der Waals surface area (Å²) in [6.07, 6.45) is 5.54. The summed E-state index contributed by atoms with van der Waals surface area (Å²) in [6, 6.07) is 13.8. The smallest absolute Gasteiger partial charge is 0.399 e. The maximum atomic E-state index is 13.5. The Balaban J connectivity index is 1.75. The Morgan fingerprint density at radius 3 is 2.56 bits per heavy atom. The van der Waals surface area contributed by atoms with E-state index in [1.807, 2.05) is 35.2 Å². The van der Waals surface area contributed by atoms with Crippen molar-refractivity contribution in [2.24, 2.45) is 0 Å². The van der Waals surface area contributed by atoms with Crippen molar-refractivity contribution in [2.75, 3.05) is 17.2 Å². The summed E-state index contributed by atoms with van der Waals surface area (Å²) in [5, 5.41) is 0. The minimum atomic E-state index is -5.53. The first-order chi connectivity index (χ1) is 16.1. The molecule has 4 rings (SSSR count). The predicted octanol–water partition coefficient (Wildman–Crippen LogP) is 3.73. The Bertz CT molecular complexity index is 1240. The number of nitrogens with zero attached hydrogens (tertiary/aromatic N) is 4. The molecule has 3 heterocycles. The van der Waals surface area contributed by atoms with Gasteiger partial charge in [0.2, 0.25) is 0 Å². The number of alkyl halides is 3. The lowest BCUT2D eigenvalue weighted by Crippen LogP contribution is -2.47. The van der Waals surface area contributed by atoms with Crippen LogP contribution in [0, 0.1) is 0 Å². The number of halogens is 3. The molecule has 1 unspecified atom stereocenters. The van der Waals surface area contributed by atoms with Gasteiger partial charge in [0.15, 0.2) is 0 Å². The van der Waals surface area contributed by atoms with Gasteiger partial charge in [0.05, 0.1) is 24.1 Å². The van der Waals surface area contributed by atoms with Crippen molar-refractivity contribution in [3.8, 4) is 0 Å². The number of rotatable bonds is 6. The Hall–Kier alpha value is -3.18. The van der Waals surface area contributed by atoms with Gasteiger partial charge in [0, 0.05) is 37.2 Å². The lowest BCUT2D eigenvalue weighted by atomic mass is 10.0. The molecular weight excluding hydrogens is 467 g/mol. The van der Waals surface area contributed by atoms with Crippen LogP contribution in [0.3, 0.4) is 0 Å². The highest BCUT2D eigenvalue weighted by Crippen LogP contribution is 2.35. The van der Waals surface area contributed by atoms with Gasteiger partial charge in [-0.2, -0.15) is 17.5 Å². The van der Waals surface area contributed by atoms with Gasteiger partial charge in [0.25, 0.3) is 0 Å². The second-order valence-electron chi connectivity index (χ2n) is 8.13. The fourth-order valence-corrected chi connectivity index (χ4v) is 5.09. The molecule has 0 saturated carbocycles. The SMILES string of the molecule is Nc1ccnc(CN2c3cnccc3CN(S(=O)(=O)C(F)(F)F)CC2CCc2ccccc2)c1. The van der Waals surface area contributed by atoms with Crippen LogP contribution in [-0.2, 0) is 29.5 Å². The Morgan fingerprint density at radius 2 is 1.85 bits per heavy atom. The molecule has 11 heteroatoms. The highest BCUT2D eigenvalue weighted by Gasteiger charge is 2.51. The van der Waals surface area contributed by atoms with Crippen LogP contribution in [0.4, 0.5) is 24.5 Å². The maximum Gasteiger partial charge on any atom is 0.511 e. The standard InChI is InChI=1S/C23H24F3N5O2S/c24-23(25,26)34(32,33)30-14-18-8-10-28-13-22(18)31(15-20-12-19(27)9-11-29-20)21(16-30)7-6-17-4-2-1-3-5-17/h1-5,8-13,21H,6-7,14-16H2,(H2,27,29). The molecule has 0 saturated heterocycles. The van der Waals surface area contributed by atoms with E-state index in [9.17, 15) is 21.6 Å². The van der Waals surface area contributed by atoms with Crippen LogP contribution < -0.4 is 10.6 Å². The van der Waals surface area contributed by atoms with Gasteiger partial charge in [-0.15, -0.1) is 0 Å². The van der Waals surface area contributed by atoms with E-state index >= 15 is 0 Å². The zero-order valence-electron chi connectivity index (χ0n) is 18.2. The molecule has 2 N–H and O–H groups in total. The first-order valence-electron chi connectivity index (χ1n) is 10.7. The average Bonchev–Trinajstić information content (AvgIpc) is 2.95. The van der Waals surface area contributed by atoms with Crippen LogP contribution in [0.2, 0.25) is 0 Å². The summed E-state index contributed by atoms with van der Waals surface area (Å²) < 4.78 is 65.9. The van der Waals surface area contributed by atoms with Crippen LogP contribution in [-0.4, -0.2) is 40.8 Å². The van der Waals surface area contributed by atoms with Gasteiger partial charge in [-0.3, -0.25) is 9.97 Å². The van der Waals surface area contributed by atoms with Gasteiger partial charge in [-0.25, -0.2) is 8.42 Å². The van der Waals surface area contributed by atoms with Crippen LogP contribution in [0.25, 0.3) is 0 Å². The Kier molecular flexibility index (Phi) is 6.76. The van der Waals surface area contributed by atoms with Gasteiger partial charge < -0.3 is 10.6 Å². The first kappa shape index (κ1) is 24.0. The zero-order chi connectivity index (χ0) is 24.3. The summed E-state index contributed by atoms with van der Waals surface area (Å²) >= 11 is 0. The van der Waals surface area contributed by atoms with Crippen molar-refractivity contribution in [3.05, 3.63) is 83.9 Å². The number of nitrogens with two attached hydrogens (primary N) is 1. The molecule has 0 aliphatic carbocycles. The number of aromatic nitrogens is 2. The summed E-state index contributed by atoms with van der Waals surface area (Å²) in [6.45, 7) is -0.489. The summed E-state index contributed by atoms with van der Waals surface area (Å²) in [5.41, 5.74) is 3.65. The number of nitrogen functional groups attached to an aromatic ring is 1. The third-order valence-electron chi connectivity index (χ3n) is 5.81. The van der Waals surface area contributed by atoms with E-state index in [0.29, 0.717) is 39.8 Å². The number of pyridine rings is 2. The number of aryl methyl sites for hydroxylation is 1. The molecule has 7 nitrogen and oxygen atoms in total. The summed E-state index contributed by atoms with van der Waals surface area (Å²) in [7, 11) is -5.53. The first-order valence-corrected chi connectivity index (χ1v) is 12.1. The van der Waals surface area contributed by atoms with Crippen molar-refractivity contribution in [1.29, 1.82) is 0 Å². The molecule has 2 aromatic heterocycles. The van der Waals surface area contributed by atoms with E-state index in [1.54, 1.807) is 30.6 Å². The fraction of sp³-hybridized carbons (Fsp3) is 0.304. The topological polar surface area (TPSA) is 92.4 Å². The fourth-order valence-electron chi connectivity index (χ4n) is 4.12. The Labute approximate surface area is 196 Å². The molecule has 1 aromatic carbocycles. The van der Waals surface area contributed by atoms with Crippen LogP contribution in [0.5, 0.6) is 0 Å². The quantitative estimate of drug-likeness (QED) is 0.565. The van der Waals surface area contributed by atoms with Gasteiger partial charge in [-0.05, 0) is 42.2 Å². The molecule has 0 radical (unpaired) electrons. The Morgan fingerprint density at radius 1 is 1.09 bits per heavy atom. The number of fused-ring (bicyclic) bond motifs is 1. The lowest BCUT2D eigenvalue weighted by Gasteiger charge is -2.34. The van der Waals surface area contributed by atoms with E-state index in [4.69, 9.17) is 5.73 Å². The van der Waals surface area contributed by atoms with E-state index in [2.05, 4.69) is 9.97 Å². The largest absolute Gasteiger partial charge is 0.511 e. The third-order valence-corrected chi connectivity index (χ3v) is 7.36. The number of sulfonamides is 1. The third kappa shape index (κ3) is 5.15. The molecule has 34 heavy (non-hydrogen) atoms. The molecule has 0 spiro atoms. The van der Waals surface area contributed by atoms with Crippen molar-refractivity contribution >= 4 is 21.4 Å². The molecular formula is C23H24F3N5O2S. The second kappa shape index (κ2) is 9.59. The molecule has 1 aliphatic heterocycles. The molecule has 0 bridgehead atoms. The minimum absolute atomic E-state index is 0.239. The molecule has 1 atom stereocenters. The van der Waals surface area contributed by atoms with Crippen LogP contribution in [0.15, 0.2) is 67.1 Å². The maximum absolute atomic E-state index is 13.5. The normalized spacial score (nSPS) is 17.3. The molecule has 3 aromatic rings. The number of hydrogen-bond donors (Lipinski definition) is 1. The molecule has 180 valence electrons. The van der Waals surface area contributed by atoms with Gasteiger partial charge in [0.1, 0.15) is 0 Å². The monoisotopic (exact) mass is 491 g/mol. The summed E-state index contributed by atoms with van der Waals surface area (Å²) in [4.78, 5) is 10.4. The average molecular weight is 492 g/mol. The second-order valence-corrected chi connectivity index (χ2v) is 10.1. The number of anilines is 2. The van der Waals surface area contributed by atoms with Crippen LogP contribution in [0.1, 0.15) is 23.2 Å². The number of benzene rings is 1. The molecule has 0 fully saturated rings. The van der Waals surface area contributed by atoms with Crippen molar-refractivity contribution in [2.45, 2.75) is 37.5 Å². The lowest BCUT2D eigenvalue weighted by molar-refractivity contribution is -0.0492. The van der Waals surface area contributed by atoms with E-state index in [-0.39, 0.29) is 13.1 Å². The summed E-state index contributed by atoms with van der Waals surface area (Å²) in [5.74, 6) is 0. The van der Waals surface area contributed by atoms with Crippen molar-refractivity contribution in [1.82, 2.24) is 14.3 Å². The van der Waals surface area contributed by atoms with E-state index in [1.165, 1.54) is 6.20 Å². The van der Waals surface area contributed by atoms with E-state index < -0.39 is 28.1 Å². The zero-order valence-corrected chi connectivity index (χ0v) is 19.0. The molecule has 1 aliphatic rings.